The second kappa shape index (κ2) is 12.9. The van der Waals surface area contributed by atoms with Gasteiger partial charge in [0.1, 0.15) is 37.5 Å². The minimum atomic E-state index is -0.867. The van der Waals surface area contributed by atoms with Crippen molar-refractivity contribution >= 4 is 29.1 Å². The van der Waals surface area contributed by atoms with Crippen molar-refractivity contribution < 1.29 is 33.3 Å². The van der Waals surface area contributed by atoms with Crippen molar-refractivity contribution in [3.63, 3.8) is 0 Å². The molecule has 13 nitrogen and oxygen atoms in total. The number of hydrogen-bond acceptors (Lipinski definition) is 11. The number of carbonyl (C=O) groups excluding carboxylic acids is 2. The van der Waals surface area contributed by atoms with Crippen molar-refractivity contribution in [3.05, 3.63) is 77.3 Å². The van der Waals surface area contributed by atoms with Gasteiger partial charge >= 0.3 is 11.9 Å². The summed E-state index contributed by atoms with van der Waals surface area (Å²) in [7, 11) is 0. The van der Waals surface area contributed by atoms with Crippen LogP contribution >= 0.6 is 0 Å². The molecule has 0 fully saturated rings. The highest BCUT2D eigenvalue weighted by molar-refractivity contribution is 5.72. The molecule has 0 atom stereocenters. The normalized spacial score (nSPS) is 10.9. The van der Waals surface area contributed by atoms with Gasteiger partial charge in [0, 0.05) is 0 Å². The van der Waals surface area contributed by atoms with Gasteiger partial charge in [-0.1, -0.05) is 36.4 Å². The number of aromatic amines is 1. The summed E-state index contributed by atoms with van der Waals surface area (Å²) in [6, 6.07) is 17.6. The molecule has 0 spiro atoms. The molecule has 0 aliphatic carbocycles. The highest BCUT2D eigenvalue weighted by atomic mass is 16.6. The largest absolute Gasteiger partial charge is 0.482 e. The number of ether oxygens (including phenoxy) is 5. The van der Waals surface area contributed by atoms with Crippen LogP contribution in [0.2, 0.25) is 0 Å². The fourth-order valence-corrected chi connectivity index (χ4v) is 3.17. The number of aromatic nitrogens is 4. The van der Waals surface area contributed by atoms with E-state index in [9.17, 15) is 14.4 Å². The monoisotopic (exact) mass is 523 g/mol. The zero-order valence-electron chi connectivity index (χ0n) is 20.1. The van der Waals surface area contributed by atoms with E-state index in [1.165, 1.54) is 10.9 Å². The molecule has 0 aliphatic rings. The maximum Gasteiger partial charge on any atom is 0.344 e. The zero-order chi connectivity index (χ0) is 26.7. The van der Waals surface area contributed by atoms with Crippen molar-refractivity contribution in [2.45, 2.75) is 12.8 Å². The first kappa shape index (κ1) is 26.2. The number of hydrogen-bond donors (Lipinski definition) is 2. The second-order valence-corrected chi connectivity index (χ2v) is 7.82. The Morgan fingerprint density at radius 2 is 1.45 bits per heavy atom. The number of H-pyrrole nitrogens is 1. The number of para-hydroxylation sites is 2. The van der Waals surface area contributed by atoms with Gasteiger partial charge in [-0.05, 0) is 24.3 Å². The van der Waals surface area contributed by atoms with E-state index in [-0.39, 0.29) is 50.3 Å². The van der Waals surface area contributed by atoms with Gasteiger partial charge in [-0.15, -0.1) is 0 Å². The summed E-state index contributed by atoms with van der Waals surface area (Å²) in [6.45, 7) is -1.27. The van der Waals surface area contributed by atoms with E-state index in [0.717, 1.165) is 0 Å². The van der Waals surface area contributed by atoms with Crippen LogP contribution in [0.4, 0.5) is 5.95 Å². The molecule has 2 heterocycles. The predicted octanol–water partition coefficient (Wildman–Crippen LogP) is 1.29. The lowest BCUT2D eigenvalue weighted by molar-refractivity contribution is -0.159. The van der Waals surface area contributed by atoms with Gasteiger partial charge in [0.2, 0.25) is 5.95 Å². The summed E-state index contributed by atoms with van der Waals surface area (Å²) < 4.78 is 28.5. The molecular weight excluding hydrogens is 498 g/mol. The van der Waals surface area contributed by atoms with E-state index in [2.05, 4.69) is 15.0 Å². The van der Waals surface area contributed by atoms with E-state index in [1.807, 2.05) is 12.1 Å². The molecule has 0 bridgehead atoms. The molecule has 4 aromatic rings. The number of nitrogen functional groups attached to an aromatic ring is 1. The molecule has 38 heavy (non-hydrogen) atoms. The fourth-order valence-electron chi connectivity index (χ4n) is 3.17. The third-order valence-electron chi connectivity index (χ3n) is 5.00. The van der Waals surface area contributed by atoms with Crippen LogP contribution in [0.5, 0.6) is 11.5 Å². The second-order valence-electron chi connectivity index (χ2n) is 7.82. The molecule has 0 amide bonds. The molecule has 2 aromatic carbocycles. The maximum absolute atomic E-state index is 12.2. The Balaban J connectivity index is 1.33. The maximum atomic E-state index is 12.2. The van der Waals surface area contributed by atoms with E-state index in [1.54, 1.807) is 48.5 Å². The Labute approximate surface area is 216 Å². The Kier molecular flexibility index (Phi) is 8.86. The quantitative estimate of drug-likeness (QED) is 0.242. The third-order valence-corrected chi connectivity index (χ3v) is 5.00. The predicted molar refractivity (Wildman–Crippen MR) is 133 cm³/mol. The van der Waals surface area contributed by atoms with Crippen molar-refractivity contribution in [2.24, 2.45) is 0 Å². The number of nitrogens with two attached hydrogens (primary N) is 1. The average Bonchev–Trinajstić information content (AvgIpc) is 3.34. The highest BCUT2D eigenvalue weighted by Crippen LogP contribution is 2.11. The lowest BCUT2D eigenvalue weighted by Gasteiger charge is -2.18. The number of rotatable bonds is 13. The zero-order valence-corrected chi connectivity index (χ0v) is 20.1. The van der Waals surface area contributed by atoms with E-state index in [0.29, 0.717) is 11.5 Å². The first-order valence-corrected chi connectivity index (χ1v) is 11.5. The topological polar surface area (TPSA) is 170 Å². The summed E-state index contributed by atoms with van der Waals surface area (Å²) in [6.07, 6.45) is 0.483. The van der Waals surface area contributed by atoms with E-state index < -0.39 is 23.6 Å². The lowest BCUT2D eigenvalue weighted by atomic mass is 10.3. The van der Waals surface area contributed by atoms with Crippen LogP contribution in [0.1, 0.15) is 0 Å². The van der Waals surface area contributed by atoms with Gasteiger partial charge < -0.3 is 29.4 Å². The summed E-state index contributed by atoms with van der Waals surface area (Å²) in [5, 5.41) is 0. The van der Waals surface area contributed by atoms with Crippen molar-refractivity contribution in [3.8, 4) is 11.5 Å². The number of benzene rings is 2. The Hall–Kier alpha value is -4.91. The molecule has 0 radical (unpaired) electrons. The number of carbonyl (C=O) groups is 2. The molecule has 0 unspecified atom stereocenters. The van der Waals surface area contributed by atoms with Gasteiger partial charge in [0.15, 0.2) is 24.4 Å². The summed E-state index contributed by atoms with van der Waals surface area (Å²) in [4.78, 5) is 46.8. The molecule has 3 N–H and O–H groups in total. The summed E-state index contributed by atoms with van der Waals surface area (Å²) in [5.74, 6) is -0.345. The Morgan fingerprint density at radius 1 is 0.895 bits per heavy atom. The first-order chi connectivity index (χ1) is 18.5. The Morgan fingerprint density at radius 3 is 2.00 bits per heavy atom. The molecule has 13 heteroatoms. The molecular formula is C25H25N5O8. The number of nitrogens with one attached hydrogen (secondary N) is 1. The van der Waals surface area contributed by atoms with Gasteiger partial charge in [-0.3, -0.25) is 14.3 Å². The molecule has 0 saturated carbocycles. The van der Waals surface area contributed by atoms with Crippen LogP contribution in [0, 0.1) is 0 Å². The standard InChI is InChI=1S/C25H25N5O8/c26-25-28-23-22(24(33)29-25)27-15-30(23)16-38-19(11-36-20(31)13-34-17-7-3-1-4-8-17)12-37-21(32)14-35-18-9-5-2-6-10-18/h1-10,15,19H,11-14,16H2,(H3,26,28,29,33). The number of anilines is 1. The Bertz CT molecular complexity index is 1350. The fraction of sp³-hybridized carbons (Fsp3) is 0.240. The average molecular weight is 524 g/mol. The van der Waals surface area contributed by atoms with Crippen molar-refractivity contribution in [2.75, 3.05) is 32.2 Å². The number of imidazole rings is 1. The van der Waals surface area contributed by atoms with Crippen LogP contribution in [-0.2, 0) is 30.5 Å². The molecule has 2 aromatic heterocycles. The van der Waals surface area contributed by atoms with Crippen LogP contribution < -0.4 is 20.8 Å². The van der Waals surface area contributed by atoms with Gasteiger partial charge in [0.05, 0.1) is 6.33 Å². The van der Waals surface area contributed by atoms with Crippen molar-refractivity contribution in [1.29, 1.82) is 0 Å². The van der Waals surface area contributed by atoms with Crippen LogP contribution in [0.25, 0.3) is 11.2 Å². The lowest BCUT2D eigenvalue weighted by Crippen LogP contribution is -2.31. The SMILES string of the molecule is Nc1nc2c(ncn2COC(COC(=O)COc2ccccc2)COC(=O)COc2ccccc2)c(=O)[nH]1. The number of nitrogens with zero attached hydrogens (tertiary/aromatic N) is 3. The van der Waals surface area contributed by atoms with Gasteiger partial charge in [-0.25, -0.2) is 14.6 Å². The number of fused-ring (bicyclic) bond motifs is 1. The molecule has 198 valence electrons. The minimum Gasteiger partial charge on any atom is -0.482 e. The van der Waals surface area contributed by atoms with Gasteiger partial charge in [-0.2, -0.15) is 4.98 Å². The molecule has 0 aliphatic heterocycles. The van der Waals surface area contributed by atoms with Gasteiger partial charge in [0.25, 0.3) is 5.56 Å². The van der Waals surface area contributed by atoms with E-state index in [4.69, 9.17) is 29.4 Å². The number of esters is 2. The first-order valence-electron chi connectivity index (χ1n) is 11.5. The van der Waals surface area contributed by atoms with Crippen LogP contribution in [0.15, 0.2) is 71.8 Å². The molecule has 0 saturated heterocycles. The molecule has 4 rings (SSSR count). The smallest absolute Gasteiger partial charge is 0.344 e. The highest BCUT2D eigenvalue weighted by Gasteiger charge is 2.18. The van der Waals surface area contributed by atoms with Crippen molar-refractivity contribution in [1.82, 2.24) is 19.5 Å². The third kappa shape index (κ3) is 7.54. The summed E-state index contributed by atoms with van der Waals surface area (Å²) >= 11 is 0. The minimum absolute atomic E-state index is 0.0772. The van der Waals surface area contributed by atoms with Crippen LogP contribution in [-0.4, -0.2) is 64.0 Å². The van der Waals surface area contributed by atoms with E-state index >= 15 is 0 Å². The summed E-state index contributed by atoms with van der Waals surface area (Å²) in [5.41, 5.74) is 5.40. The van der Waals surface area contributed by atoms with Crippen LogP contribution in [0.3, 0.4) is 0 Å².